The van der Waals surface area contributed by atoms with Crippen molar-refractivity contribution in [1.82, 2.24) is 9.62 Å². The Balaban J connectivity index is 1.31. The minimum Gasteiger partial charge on any atom is -0.353 e. The van der Waals surface area contributed by atoms with Gasteiger partial charge < -0.3 is 5.32 Å². The van der Waals surface area contributed by atoms with Gasteiger partial charge in [-0.15, -0.1) is 0 Å². The third kappa shape index (κ3) is 3.96. The van der Waals surface area contributed by atoms with Gasteiger partial charge in [-0.1, -0.05) is 18.0 Å². The zero-order valence-electron chi connectivity index (χ0n) is 16.3. The fraction of sp³-hybridized carbons (Fsp3) is 0.667. The SMILES string of the molecule is CC(NC(=O)C1CCN(S(=O)(=O)c2ccc(Cl)cc2)CC1)C1CC2CCC1C2. The molecule has 1 heterocycles. The summed E-state index contributed by atoms with van der Waals surface area (Å²) in [7, 11) is -3.53. The number of amides is 1. The number of carbonyl (C=O) groups is 1. The molecule has 0 radical (unpaired) electrons. The van der Waals surface area contributed by atoms with Crippen molar-refractivity contribution >= 4 is 27.5 Å². The normalized spacial score (nSPS) is 29.7. The highest BCUT2D eigenvalue weighted by Crippen LogP contribution is 2.49. The van der Waals surface area contributed by atoms with Crippen molar-refractivity contribution in [2.24, 2.45) is 23.7 Å². The molecule has 154 valence electrons. The van der Waals surface area contributed by atoms with Gasteiger partial charge in [-0.05, 0) is 81.0 Å². The average molecular weight is 425 g/mol. The number of benzene rings is 1. The van der Waals surface area contributed by atoms with E-state index in [0.29, 0.717) is 36.9 Å². The van der Waals surface area contributed by atoms with E-state index < -0.39 is 10.0 Å². The van der Waals surface area contributed by atoms with Gasteiger partial charge in [0.25, 0.3) is 0 Å². The van der Waals surface area contributed by atoms with Crippen LogP contribution < -0.4 is 5.32 Å². The molecule has 3 fully saturated rings. The molecule has 3 aliphatic rings. The molecule has 2 bridgehead atoms. The second kappa shape index (κ2) is 7.96. The van der Waals surface area contributed by atoms with Crippen molar-refractivity contribution in [3.63, 3.8) is 0 Å². The summed E-state index contributed by atoms with van der Waals surface area (Å²) in [4.78, 5) is 13.0. The molecule has 1 aromatic carbocycles. The van der Waals surface area contributed by atoms with Crippen molar-refractivity contribution < 1.29 is 13.2 Å². The summed E-state index contributed by atoms with van der Waals surface area (Å²) in [6.07, 6.45) is 6.42. The molecule has 0 aromatic heterocycles. The van der Waals surface area contributed by atoms with Gasteiger partial charge in [0.05, 0.1) is 4.90 Å². The second-order valence-corrected chi connectivity index (χ2v) is 11.1. The van der Waals surface area contributed by atoms with Gasteiger partial charge in [-0.2, -0.15) is 4.31 Å². The number of fused-ring (bicyclic) bond motifs is 2. The molecule has 2 saturated carbocycles. The molecule has 7 heteroatoms. The number of piperidine rings is 1. The van der Waals surface area contributed by atoms with E-state index in [-0.39, 0.29) is 22.8 Å². The lowest BCUT2D eigenvalue weighted by Crippen LogP contribution is -2.47. The lowest BCUT2D eigenvalue weighted by molar-refractivity contribution is -0.127. The minimum absolute atomic E-state index is 0.0961. The Labute approximate surface area is 172 Å². The van der Waals surface area contributed by atoms with E-state index in [9.17, 15) is 13.2 Å². The van der Waals surface area contributed by atoms with E-state index in [0.717, 1.165) is 11.8 Å². The van der Waals surface area contributed by atoms with Crippen molar-refractivity contribution in [3.05, 3.63) is 29.3 Å². The van der Waals surface area contributed by atoms with Crippen LogP contribution in [0.15, 0.2) is 29.2 Å². The zero-order valence-corrected chi connectivity index (χ0v) is 17.9. The molecule has 4 atom stereocenters. The first kappa shape index (κ1) is 20.2. The van der Waals surface area contributed by atoms with Gasteiger partial charge in [-0.3, -0.25) is 4.79 Å². The number of nitrogens with zero attached hydrogens (tertiary/aromatic N) is 1. The first-order valence-corrected chi connectivity index (χ1v) is 12.2. The van der Waals surface area contributed by atoms with Crippen LogP contribution in [0, 0.1) is 23.7 Å². The van der Waals surface area contributed by atoms with Gasteiger partial charge in [0, 0.05) is 30.1 Å². The molecule has 28 heavy (non-hydrogen) atoms. The Morgan fingerprint density at radius 3 is 2.36 bits per heavy atom. The van der Waals surface area contributed by atoms with Crippen LogP contribution >= 0.6 is 11.6 Å². The van der Waals surface area contributed by atoms with Crippen LogP contribution in [-0.2, 0) is 14.8 Å². The molecule has 1 aliphatic heterocycles. The van der Waals surface area contributed by atoms with Crippen molar-refractivity contribution in [2.45, 2.75) is 56.4 Å². The molecule has 1 saturated heterocycles. The summed E-state index contributed by atoms with van der Waals surface area (Å²) in [5.74, 6) is 2.27. The molecule has 1 amide bonds. The Morgan fingerprint density at radius 2 is 1.79 bits per heavy atom. The van der Waals surface area contributed by atoms with Crippen LogP contribution in [0.5, 0.6) is 0 Å². The highest BCUT2D eigenvalue weighted by atomic mass is 35.5. The van der Waals surface area contributed by atoms with E-state index in [1.54, 1.807) is 12.1 Å². The number of halogens is 1. The molecular weight excluding hydrogens is 396 g/mol. The van der Waals surface area contributed by atoms with Crippen LogP contribution in [0.1, 0.15) is 45.4 Å². The topological polar surface area (TPSA) is 66.5 Å². The molecule has 1 aromatic rings. The number of hydrogen-bond donors (Lipinski definition) is 1. The molecule has 0 spiro atoms. The molecule has 1 N–H and O–H groups in total. The Bertz CT molecular complexity index is 819. The summed E-state index contributed by atoms with van der Waals surface area (Å²) >= 11 is 5.86. The number of hydrogen-bond acceptors (Lipinski definition) is 3. The predicted octanol–water partition coefficient (Wildman–Crippen LogP) is 3.68. The molecule has 4 rings (SSSR count). The smallest absolute Gasteiger partial charge is 0.243 e. The van der Waals surface area contributed by atoms with Crippen molar-refractivity contribution in [2.75, 3.05) is 13.1 Å². The fourth-order valence-electron chi connectivity index (χ4n) is 5.47. The summed E-state index contributed by atoms with van der Waals surface area (Å²) in [6, 6.07) is 6.47. The van der Waals surface area contributed by atoms with Crippen LogP contribution in [-0.4, -0.2) is 37.8 Å². The van der Waals surface area contributed by atoms with E-state index in [1.807, 2.05) is 0 Å². The minimum atomic E-state index is -3.53. The standard InChI is InChI=1S/C21H29ClN2O3S/c1-14(20-13-15-2-3-17(20)12-15)23-21(25)16-8-10-24(11-9-16)28(26,27)19-6-4-18(22)5-7-19/h4-7,14-17,20H,2-3,8-13H2,1H3,(H,23,25). The van der Waals surface area contributed by atoms with Crippen molar-refractivity contribution in [1.29, 1.82) is 0 Å². The van der Waals surface area contributed by atoms with E-state index in [4.69, 9.17) is 11.6 Å². The lowest BCUT2D eigenvalue weighted by Gasteiger charge is -2.33. The third-order valence-electron chi connectivity index (χ3n) is 7.08. The molecule has 4 unspecified atom stereocenters. The third-order valence-corrected chi connectivity index (χ3v) is 9.25. The second-order valence-electron chi connectivity index (χ2n) is 8.77. The predicted molar refractivity (Wildman–Crippen MR) is 109 cm³/mol. The largest absolute Gasteiger partial charge is 0.353 e. The van der Waals surface area contributed by atoms with Gasteiger partial charge in [0.1, 0.15) is 0 Å². The van der Waals surface area contributed by atoms with Gasteiger partial charge in [0.15, 0.2) is 0 Å². The number of nitrogens with one attached hydrogen (secondary N) is 1. The molecule has 2 aliphatic carbocycles. The Morgan fingerprint density at radius 1 is 1.11 bits per heavy atom. The van der Waals surface area contributed by atoms with Crippen LogP contribution in [0.4, 0.5) is 0 Å². The maximum Gasteiger partial charge on any atom is 0.243 e. The highest BCUT2D eigenvalue weighted by Gasteiger charge is 2.42. The number of sulfonamides is 1. The zero-order chi connectivity index (χ0) is 19.9. The summed E-state index contributed by atoms with van der Waals surface area (Å²) in [6.45, 7) is 2.90. The van der Waals surface area contributed by atoms with Crippen LogP contribution in [0.2, 0.25) is 5.02 Å². The van der Waals surface area contributed by atoms with E-state index >= 15 is 0 Å². The quantitative estimate of drug-likeness (QED) is 0.783. The van der Waals surface area contributed by atoms with Gasteiger partial charge >= 0.3 is 0 Å². The molecular formula is C21H29ClN2O3S. The van der Waals surface area contributed by atoms with Gasteiger partial charge in [0.2, 0.25) is 15.9 Å². The van der Waals surface area contributed by atoms with Crippen LogP contribution in [0.3, 0.4) is 0 Å². The summed E-state index contributed by atoms with van der Waals surface area (Å²) < 4.78 is 27.1. The van der Waals surface area contributed by atoms with Crippen LogP contribution in [0.25, 0.3) is 0 Å². The monoisotopic (exact) mass is 424 g/mol. The lowest BCUT2D eigenvalue weighted by atomic mass is 9.83. The maximum absolute atomic E-state index is 12.8. The summed E-state index contributed by atoms with van der Waals surface area (Å²) in [5, 5.41) is 3.76. The van der Waals surface area contributed by atoms with E-state index in [1.165, 1.54) is 42.1 Å². The maximum atomic E-state index is 12.8. The highest BCUT2D eigenvalue weighted by molar-refractivity contribution is 7.89. The Hall–Kier alpha value is -1.11. The molecule has 5 nitrogen and oxygen atoms in total. The Kier molecular flexibility index (Phi) is 5.73. The van der Waals surface area contributed by atoms with Gasteiger partial charge in [-0.25, -0.2) is 8.42 Å². The number of carbonyl (C=O) groups excluding carboxylic acids is 1. The first-order chi connectivity index (χ1) is 13.3. The first-order valence-electron chi connectivity index (χ1n) is 10.4. The average Bonchev–Trinajstić information content (AvgIpc) is 3.32. The summed E-state index contributed by atoms with van der Waals surface area (Å²) in [5.41, 5.74) is 0. The fourth-order valence-corrected chi connectivity index (χ4v) is 7.07. The van der Waals surface area contributed by atoms with Crippen molar-refractivity contribution in [3.8, 4) is 0 Å². The number of rotatable bonds is 5. The van der Waals surface area contributed by atoms with E-state index in [2.05, 4.69) is 12.2 Å².